The smallest absolute Gasteiger partial charge is 0.0586 e. The van der Waals surface area contributed by atoms with Crippen molar-refractivity contribution in [1.29, 1.82) is 0 Å². The lowest BCUT2D eigenvalue weighted by Gasteiger charge is -2.14. The third-order valence-corrected chi connectivity index (χ3v) is 11.3. The molecule has 1 N–H and O–H groups in total. The summed E-state index contributed by atoms with van der Waals surface area (Å²) in [4.78, 5) is 0. The molecule has 1 atom stereocenters. The summed E-state index contributed by atoms with van der Waals surface area (Å²) in [6.45, 7) is 6.35. The predicted molar refractivity (Wildman–Crippen MR) is 216 cm³/mol. The number of aryl methyl sites for hydroxylation is 2. The van der Waals surface area contributed by atoms with Gasteiger partial charge in [0.25, 0.3) is 0 Å². The summed E-state index contributed by atoms with van der Waals surface area (Å²) in [7, 11) is 2.06. The number of fused-ring (bicyclic) bond motifs is 9. The minimum atomic E-state index is 0.209. The van der Waals surface area contributed by atoms with Crippen LogP contribution in [0, 0.1) is 0 Å². The van der Waals surface area contributed by atoms with Crippen molar-refractivity contribution in [3.05, 3.63) is 157 Å². The van der Waals surface area contributed by atoms with E-state index in [9.17, 15) is 0 Å². The minimum absolute atomic E-state index is 0.209. The number of aromatic nitrogens is 2. The van der Waals surface area contributed by atoms with Gasteiger partial charge < -0.3 is 14.5 Å². The van der Waals surface area contributed by atoms with Gasteiger partial charge in [0.05, 0.1) is 6.04 Å². The molecule has 0 saturated heterocycles. The summed E-state index contributed by atoms with van der Waals surface area (Å²) >= 11 is 0. The second kappa shape index (κ2) is 11.6. The molecule has 0 fully saturated rings. The third kappa shape index (κ3) is 4.48. The molecule has 0 saturated carbocycles. The largest absolute Gasteiger partial charge is 0.341 e. The van der Waals surface area contributed by atoms with Gasteiger partial charge in [0.2, 0.25) is 0 Å². The molecular formula is C48H39N3. The topological polar surface area (TPSA) is 21.9 Å². The standard InChI is InChI=1S/C48H39N3/c1-4-50-44-16-10-8-13-37(44)42-28-31(19-22-46(42)50)34-24-33(30-18-21-40-41(27-30)36-12-6-7-15-39(36)48(40)49-3)25-35(26-34)32-20-23-47-43(29-32)38-14-9-11-17-45(38)51(47)5-2/h6-29,48-49H,4-5H2,1-3H3. The van der Waals surface area contributed by atoms with E-state index in [-0.39, 0.29) is 6.04 Å². The summed E-state index contributed by atoms with van der Waals surface area (Å²) in [5, 5.41) is 8.78. The van der Waals surface area contributed by atoms with E-state index in [4.69, 9.17) is 0 Å². The highest BCUT2D eigenvalue weighted by atomic mass is 15.0. The molecule has 0 amide bonds. The van der Waals surface area contributed by atoms with Crippen molar-refractivity contribution in [2.75, 3.05) is 7.05 Å². The monoisotopic (exact) mass is 657 g/mol. The van der Waals surface area contributed by atoms with Crippen LogP contribution in [0.15, 0.2) is 146 Å². The molecule has 1 aliphatic carbocycles. The Balaban J connectivity index is 1.20. The number of para-hydroxylation sites is 2. The summed E-state index contributed by atoms with van der Waals surface area (Å²) in [6.07, 6.45) is 0. The van der Waals surface area contributed by atoms with Gasteiger partial charge in [-0.1, -0.05) is 84.9 Å². The van der Waals surface area contributed by atoms with Crippen molar-refractivity contribution in [3.8, 4) is 44.5 Å². The fourth-order valence-electron chi connectivity index (χ4n) is 8.97. The number of hydrogen-bond acceptors (Lipinski definition) is 1. The Kier molecular flexibility index (Phi) is 6.81. The van der Waals surface area contributed by atoms with Crippen molar-refractivity contribution in [2.24, 2.45) is 0 Å². The van der Waals surface area contributed by atoms with Gasteiger partial charge >= 0.3 is 0 Å². The number of hydrogen-bond donors (Lipinski definition) is 1. The van der Waals surface area contributed by atoms with E-state index in [1.54, 1.807) is 0 Å². The number of rotatable bonds is 6. The quantitative estimate of drug-likeness (QED) is 0.189. The van der Waals surface area contributed by atoms with Crippen LogP contribution in [0.3, 0.4) is 0 Å². The maximum absolute atomic E-state index is 3.56. The fourth-order valence-corrected chi connectivity index (χ4v) is 8.97. The molecule has 0 spiro atoms. The molecule has 1 unspecified atom stereocenters. The van der Waals surface area contributed by atoms with Crippen LogP contribution in [0.4, 0.5) is 0 Å². The first-order valence-corrected chi connectivity index (χ1v) is 18.2. The number of benzene rings is 7. The summed E-state index contributed by atoms with van der Waals surface area (Å²) < 4.78 is 4.86. The van der Waals surface area contributed by atoms with Gasteiger partial charge in [-0.3, -0.25) is 0 Å². The van der Waals surface area contributed by atoms with Crippen molar-refractivity contribution in [2.45, 2.75) is 33.0 Å². The van der Waals surface area contributed by atoms with Crippen LogP contribution < -0.4 is 5.32 Å². The van der Waals surface area contributed by atoms with E-state index in [0.29, 0.717) is 0 Å². The molecule has 2 aromatic heterocycles. The first kappa shape index (κ1) is 30.0. The van der Waals surface area contributed by atoms with Crippen molar-refractivity contribution in [1.82, 2.24) is 14.5 Å². The van der Waals surface area contributed by atoms with Gasteiger partial charge in [-0.05, 0) is 137 Å². The van der Waals surface area contributed by atoms with Crippen LogP contribution in [0.5, 0.6) is 0 Å². The first-order valence-electron chi connectivity index (χ1n) is 18.2. The fraction of sp³-hybridized carbons (Fsp3) is 0.125. The van der Waals surface area contributed by atoms with Gasteiger partial charge in [0.1, 0.15) is 0 Å². The highest BCUT2D eigenvalue weighted by molar-refractivity contribution is 6.10. The molecule has 3 nitrogen and oxygen atoms in total. The average Bonchev–Trinajstić information content (AvgIpc) is 3.81. The molecule has 246 valence electrons. The second-order valence-electron chi connectivity index (χ2n) is 13.9. The zero-order valence-electron chi connectivity index (χ0n) is 29.2. The third-order valence-electron chi connectivity index (χ3n) is 11.3. The van der Waals surface area contributed by atoms with E-state index in [1.807, 2.05) is 0 Å². The molecule has 3 heteroatoms. The predicted octanol–water partition coefficient (Wildman–Crippen LogP) is 12.2. The molecule has 0 aliphatic heterocycles. The molecular weight excluding hydrogens is 619 g/mol. The molecule has 7 aromatic carbocycles. The second-order valence-corrected chi connectivity index (χ2v) is 13.9. The highest BCUT2D eigenvalue weighted by Gasteiger charge is 2.27. The van der Waals surface area contributed by atoms with E-state index in [0.717, 1.165) is 13.1 Å². The van der Waals surface area contributed by atoms with Crippen molar-refractivity contribution >= 4 is 43.6 Å². The Morgan fingerprint density at radius 3 is 1.41 bits per heavy atom. The van der Waals surface area contributed by atoms with Crippen molar-refractivity contribution in [3.63, 3.8) is 0 Å². The SMILES string of the molecule is CCn1c2ccccc2c2cc(-c3cc(-c4ccc5c(c4)-c4ccccc4C5NC)cc(-c4ccc5c(c4)c4ccccc4n5CC)c3)ccc21. The Hall–Kier alpha value is -5.90. The zero-order chi connectivity index (χ0) is 34.2. The normalized spacial score (nSPS) is 13.8. The molecule has 1 aliphatic rings. The van der Waals surface area contributed by atoms with Crippen LogP contribution in [0.1, 0.15) is 31.0 Å². The molecule has 0 bridgehead atoms. The molecule has 2 heterocycles. The average molecular weight is 658 g/mol. The number of nitrogens with zero attached hydrogens (tertiary/aromatic N) is 2. The molecule has 0 radical (unpaired) electrons. The zero-order valence-corrected chi connectivity index (χ0v) is 29.2. The van der Waals surface area contributed by atoms with E-state index in [1.165, 1.54) is 99.2 Å². The lowest BCUT2D eigenvalue weighted by atomic mass is 9.91. The molecule has 9 aromatic rings. The van der Waals surface area contributed by atoms with E-state index < -0.39 is 0 Å². The van der Waals surface area contributed by atoms with E-state index in [2.05, 4.69) is 181 Å². The Bertz CT molecular complexity index is 2690. The first-order chi connectivity index (χ1) is 25.1. The van der Waals surface area contributed by atoms with E-state index >= 15 is 0 Å². The van der Waals surface area contributed by atoms with Crippen LogP contribution in [-0.4, -0.2) is 16.2 Å². The van der Waals surface area contributed by atoms with Crippen LogP contribution in [-0.2, 0) is 13.1 Å². The Morgan fingerprint density at radius 2 is 0.863 bits per heavy atom. The summed E-state index contributed by atoms with van der Waals surface area (Å²) in [5.41, 5.74) is 17.8. The van der Waals surface area contributed by atoms with Crippen LogP contribution in [0.25, 0.3) is 88.1 Å². The van der Waals surface area contributed by atoms with Crippen molar-refractivity contribution < 1.29 is 0 Å². The maximum Gasteiger partial charge on any atom is 0.0586 e. The highest BCUT2D eigenvalue weighted by Crippen LogP contribution is 2.46. The maximum atomic E-state index is 3.56. The molecule has 51 heavy (non-hydrogen) atoms. The van der Waals surface area contributed by atoms with Crippen LogP contribution >= 0.6 is 0 Å². The summed E-state index contributed by atoms with van der Waals surface area (Å²) in [6, 6.07) is 54.9. The lowest BCUT2D eigenvalue weighted by Crippen LogP contribution is -2.14. The number of nitrogens with one attached hydrogen (secondary N) is 1. The van der Waals surface area contributed by atoms with Crippen LogP contribution in [0.2, 0.25) is 0 Å². The van der Waals surface area contributed by atoms with Gasteiger partial charge in [-0.25, -0.2) is 0 Å². The minimum Gasteiger partial charge on any atom is -0.341 e. The Morgan fingerprint density at radius 1 is 0.412 bits per heavy atom. The van der Waals surface area contributed by atoms with Gasteiger partial charge in [0.15, 0.2) is 0 Å². The summed E-state index contributed by atoms with van der Waals surface area (Å²) in [5.74, 6) is 0. The Labute approximate surface area is 298 Å². The van der Waals surface area contributed by atoms with Gasteiger partial charge in [-0.2, -0.15) is 0 Å². The van der Waals surface area contributed by atoms with Gasteiger partial charge in [0, 0.05) is 56.7 Å². The molecule has 10 rings (SSSR count). The van der Waals surface area contributed by atoms with Gasteiger partial charge in [-0.15, -0.1) is 0 Å². The lowest BCUT2D eigenvalue weighted by molar-refractivity contribution is 0.708.